The highest BCUT2D eigenvalue weighted by atomic mass is 35.5. The molecular formula is C26H16Cl2F3N5O3. The van der Waals surface area contributed by atoms with Crippen molar-refractivity contribution in [3.05, 3.63) is 103 Å². The number of rotatable bonds is 4. The maximum Gasteiger partial charge on any atom is 0.416 e. The van der Waals surface area contributed by atoms with Gasteiger partial charge in [-0.3, -0.25) is 9.78 Å². The van der Waals surface area contributed by atoms with E-state index >= 15 is 0 Å². The zero-order chi connectivity index (χ0) is 28.1. The Morgan fingerprint density at radius 3 is 2.28 bits per heavy atom. The first-order valence-electron chi connectivity index (χ1n) is 11.2. The van der Waals surface area contributed by atoms with E-state index in [0.29, 0.717) is 22.5 Å². The predicted molar refractivity (Wildman–Crippen MR) is 142 cm³/mol. The van der Waals surface area contributed by atoms with Gasteiger partial charge >= 0.3 is 11.9 Å². The lowest BCUT2D eigenvalue weighted by Crippen LogP contribution is -2.33. The van der Waals surface area contributed by atoms with E-state index in [1.165, 1.54) is 24.3 Å². The van der Waals surface area contributed by atoms with Crippen molar-refractivity contribution >= 4 is 39.9 Å². The molecule has 8 nitrogen and oxygen atoms in total. The van der Waals surface area contributed by atoms with E-state index < -0.39 is 28.8 Å². The summed E-state index contributed by atoms with van der Waals surface area (Å²) in [5, 5.41) is 4.61. The van der Waals surface area contributed by atoms with Gasteiger partial charge in [-0.1, -0.05) is 35.3 Å². The standard InChI is InChI=1S/C26H16Cl2F3N5O3/c1-12-8-21(13-2-4-14(5-3-13)26(29,30)31)33-20-7-6-16(11-17(12)20)39-22-18(27)9-15(10-19(22)28)36-25(38)34-24(37)23(32)35-36/h2-11H,1H3,(H2,32,35)(H,34,37,38). The fraction of sp³-hybridized carbons (Fsp3) is 0.0769. The number of H-pyrrole nitrogens is 1. The van der Waals surface area contributed by atoms with Crippen molar-refractivity contribution in [2.24, 2.45) is 0 Å². The number of ether oxygens (including phenoxy) is 1. The molecule has 3 aromatic carbocycles. The highest BCUT2D eigenvalue weighted by Crippen LogP contribution is 2.39. The molecule has 0 bridgehead atoms. The van der Waals surface area contributed by atoms with Crippen molar-refractivity contribution in [1.29, 1.82) is 0 Å². The molecule has 0 saturated heterocycles. The third-order valence-corrected chi connectivity index (χ3v) is 6.36. The van der Waals surface area contributed by atoms with Crippen LogP contribution in [-0.4, -0.2) is 19.7 Å². The van der Waals surface area contributed by atoms with Gasteiger partial charge in [0.25, 0.3) is 5.56 Å². The average Bonchev–Trinajstić information content (AvgIpc) is 2.88. The molecule has 0 spiro atoms. The first-order chi connectivity index (χ1) is 18.4. The number of nitrogens with zero attached hydrogens (tertiary/aromatic N) is 3. The van der Waals surface area contributed by atoms with Crippen molar-refractivity contribution in [2.75, 3.05) is 5.73 Å². The van der Waals surface area contributed by atoms with Crippen molar-refractivity contribution in [3.63, 3.8) is 0 Å². The fourth-order valence-corrected chi connectivity index (χ4v) is 4.44. The SMILES string of the molecule is Cc1cc(-c2ccc(C(F)(F)F)cc2)nc2ccc(Oc3c(Cl)cc(-n4nc(N)c(=O)[nH]c4=O)cc3Cl)cc12. The number of nitrogens with two attached hydrogens (primary N) is 1. The summed E-state index contributed by atoms with van der Waals surface area (Å²) in [6.45, 7) is 1.84. The lowest BCUT2D eigenvalue weighted by atomic mass is 10.0. The predicted octanol–water partition coefficient (Wildman–Crippen LogP) is 6.14. The van der Waals surface area contributed by atoms with E-state index in [-0.39, 0.29) is 21.5 Å². The van der Waals surface area contributed by atoms with E-state index in [0.717, 1.165) is 27.8 Å². The molecule has 0 unspecified atom stereocenters. The quantitative estimate of drug-likeness (QED) is 0.266. The molecule has 0 atom stereocenters. The van der Waals surface area contributed by atoms with Crippen LogP contribution in [0.2, 0.25) is 10.0 Å². The van der Waals surface area contributed by atoms with Gasteiger partial charge in [0.15, 0.2) is 5.75 Å². The number of pyridine rings is 1. The maximum absolute atomic E-state index is 12.9. The number of alkyl halides is 3. The van der Waals surface area contributed by atoms with Crippen LogP contribution in [0.25, 0.3) is 27.8 Å². The zero-order valence-corrected chi connectivity index (χ0v) is 21.3. The van der Waals surface area contributed by atoms with Gasteiger partial charge in [-0.15, -0.1) is 5.10 Å². The number of anilines is 1. The van der Waals surface area contributed by atoms with Gasteiger partial charge in [0.05, 0.1) is 32.5 Å². The monoisotopic (exact) mass is 573 g/mol. The Hall–Kier alpha value is -4.35. The van der Waals surface area contributed by atoms with E-state index in [4.69, 9.17) is 33.7 Å². The molecule has 0 aliphatic carbocycles. The average molecular weight is 574 g/mol. The minimum atomic E-state index is -4.42. The second-order valence-electron chi connectivity index (χ2n) is 8.48. The summed E-state index contributed by atoms with van der Waals surface area (Å²) in [7, 11) is 0. The van der Waals surface area contributed by atoms with Gasteiger partial charge in [-0.2, -0.15) is 17.9 Å². The van der Waals surface area contributed by atoms with Crippen molar-refractivity contribution in [2.45, 2.75) is 13.1 Å². The second-order valence-corrected chi connectivity index (χ2v) is 9.29. The first kappa shape index (κ1) is 26.3. The van der Waals surface area contributed by atoms with Crippen LogP contribution in [0.3, 0.4) is 0 Å². The summed E-state index contributed by atoms with van der Waals surface area (Å²) in [6, 6.07) is 14.4. The summed E-state index contributed by atoms with van der Waals surface area (Å²) in [5.74, 6) is 0.0810. The van der Waals surface area contributed by atoms with Gasteiger partial charge in [-0.05, 0) is 61.0 Å². The van der Waals surface area contributed by atoms with Crippen LogP contribution in [0.4, 0.5) is 19.0 Å². The molecule has 0 aliphatic heterocycles. The molecule has 0 fully saturated rings. The number of aromatic amines is 1. The number of nitrogens with one attached hydrogen (secondary N) is 1. The highest BCUT2D eigenvalue weighted by molar-refractivity contribution is 6.37. The smallest absolute Gasteiger partial charge is 0.416 e. The summed E-state index contributed by atoms with van der Waals surface area (Å²) >= 11 is 12.8. The van der Waals surface area contributed by atoms with Crippen molar-refractivity contribution in [3.8, 4) is 28.4 Å². The van der Waals surface area contributed by atoms with Crippen LogP contribution >= 0.6 is 23.2 Å². The normalized spacial score (nSPS) is 11.6. The Morgan fingerprint density at radius 2 is 1.64 bits per heavy atom. The lowest BCUT2D eigenvalue weighted by Gasteiger charge is -2.14. The third-order valence-electron chi connectivity index (χ3n) is 5.80. The molecule has 0 saturated carbocycles. The van der Waals surface area contributed by atoms with Crippen LogP contribution in [0.5, 0.6) is 11.5 Å². The number of nitrogen functional groups attached to an aromatic ring is 1. The molecule has 0 aliphatic rings. The summed E-state index contributed by atoms with van der Waals surface area (Å²) in [4.78, 5) is 30.3. The number of benzene rings is 3. The van der Waals surface area contributed by atoms with Crippen LogP contribution in [0.1, 0.15) is 11.1 Å². The Morgan fingerprint density at radius 1 is 0.974 bits per heavy atom. The van der Waals surface area contributed by atoms with Crippen LogP contribution in [0.15, 0.2) is 70.3 Å². The molecule has 198 valence electrons. The minimum absolute atomic E-state index is 0.0589. The zero-order valence-electron chi connectivity index (χ0n) is 19.8. The molecule has 39 heavy (non-hydrogen) atoms. The molecule has 5 aromatic rings. The molecule has 5 rings (SSSR count). The molecule has 3 N–H and O–H groups in total. The molecule has 0 amide bonds. The second kappa shape index (κ2) is 9.75. The van der Waals surface area contributed by atoms with Crippen LogP contribution in [0, 0.1) is 6.92 Å². The number of aryl methyl sites for hydroxylation is 1. The Kier molecular flexibility index (Phi) is 6.57. The van der Waals surface area contributed by atoms with Gasteiger partial charge in [0.2, 0.25) is 5.82 Å². The minimum Gasteiger partial charge on any atom is -0.454 e. The van der Waals surface area contributed by atoms with E-state index in [2.05, 4.69) is 10.1 Å². The first-order valence-corrected chi connectivity index (χ1v) is 11.9. The largest absolute Gasteiger partial charge is 0.454 e. The summed E-state index contributed by atoms with van der Waals surface area (Å²) < 4.78 is 45.5. The molecule has 0 radical (unpaired) electrons. The van der Waals surface area contributed by atoms with Gasteiger partial charge in [0.1, 0.15) is 5.75 Å². The Balaban J connectivity index is 1.46. The summed E-state index contributed by atoms with van der Waals surface area (Å²) in [5.41, 5.74) is 5.76. The van der Waals surface area contributed by atoms with Crippen LogP contribution < -0.4 is 21.7 Å². The molecule has 13 heteroatoms. The Bertz CT molecular complexity index is 1850. The van der Waals surface area contributed by atoms with E-state index in [9.17, 15) is 22.8 Å². The number of halogens is 5. The van der Waals surface area contributed by atoms with Gasteiger partial charge in [0, 0.05) is 10.9 Å². The molecule has 2 heterocycles. The number of fused-ring (bicyclic) bond motifs is 1. The third kappa shape index (κ3) is 5.18. The molecular weight excluding hydrogens is 558 g/mol. The number of hydrogen-bond acceptors (Lipinski definition) is 6. The molecule has 2 aromatic heterocycles. The van der Waals surface area contributed by atoms with E-state index in [1.54, 1.807) is 24.3 Å². The van der Waals surface area contributed by atoms with Crippen molar-refractivity contribution in [1.82, 2.24) is 19.7 Å². The summed E-state index contributed by atoms with van der Waals surface area (Å²) in [6.07, 6.45) is -4.42. The Labute approximate surface area is 227 Å². The highest BCUT2D eigenvalue weighted by Gasteiger charge is 2.30. The van der Waals surface area contributed by atoms with Crippen LogP contribution in [-0.2, 0) is 6.18 Å². The van der Waals surface area contributed by atoms with Crippen molar-refractivity contribution < 1.29 is 17.9 Å². The fourth-order valence-electron chi connectivity index (χ4n) is 3.89. The van der Waals surface area contributed by atoms with Gasteiger partial charge < -0.3 is 10.5 Å². The van der Waals surface area contributed by atoms with Gasteiger partial charge in [-0.25, -0.2) is 9.78 Å². The number of aromatic nitrogens is 4. The lowest BCUT2D eigenvalue weighted by molar-refractivity contribution is -0.137. The van der Waals surface area contributed by atoms with E-state index in [1.807, 2.05) is 11.9 Å². The topological polar surface area (TPSA) is 116 Å². The maximum atomic E-state index is 12.9. The number of hydrogen-bond donors (Lipinski definition) is 2.